The van der Waals surface area contributed by atoms with Gasteiger partial charge in [0, 0.05) is 5.56 Å². The van der Waals surface area contributed by atoms with Gasteiger partial charge in [-0.1, -0.05) is 23.2 Å². The zero-order valence-corrected chi connectivity index (χ0v) is 12.5. The van der Waals surface area contributed by atoms with E-state index in [1.165, 1.54) is 12.1 Å². The Morgan fingerprint density at radius 2 is 1.75 bits per heavy atom. The average molecular weight is 311 g/mol. The molecule has 0 N–H and O–H groups in total. The van der Waals surface area contributed by atoms with Crippen LogP contribution >= 0.6 is 23.2 Å². The number of rotatable bonds is 4. The van der Waals surface area contributed by atoms with E-state index in [1.54, 1.807) is 26.0 Å². The van der Waals surface area contributed by atoms with Crippen LogP contribution in [-0.4, -0.2) is 11.6 Å². The van der Waals surface area contributed by atoms with Crippen molar-refractivity contribution >= 4 is 34.8 Å². The van der Waals surface area contributed by atoms with E-state index in [1.807, 2.05) is 0 Å². The van der Waals surface area contributed by atoms with Crippen LogP contribution in [0.3, 0.4) is 0 Å². The van der Waals surface area contributed by atoms with Crippen LogP contribution in [0.2, 0.25) is 10.0 Å². The van der Waals surface area contributed by atoms with E-state index in [4.69, 9.17) is 27.6 Å². The zero-order valence-electron chi connectivity index (χ0n) is 11.0. The second-order valence-electron chi connectivity index (χ2n) is 4.48. The first-order valence-electron chi connectivity index (χ1n) is 5.97. The first-order chi connectivity index (χ1) is 9.38. The quantitative estimate of drug-likeness (QED) is 0.609. The molecule has 104 valence electrons. The molecule has 0 spiro atoms. The SMILES string of the molecule is Cc1cc(C(=O)CC(=O)c2ccc(Cl)c(Cl)c2)c(C)o1. The van der Waals surface area contributed by atoms with E-state index < -0.39 is 0 Å². The highest BCUT2D eigenvalue weighted by Crippen LogP contribution is 2.24. The van der Waals surface area contributed by atoms with Crippen LogP contribution in [0.15, 0.2) is 28.7 Å². The van der Waals surface area contributed by atoms with E-state index in [-0.39, 0.29) is 18.0 Å². The summed E-state index contributed by atoms with van der Waals surface area (Å²) in [6, 6.07) is 6.19. The molecule has 2 aromatic rings. The summed E-state index contributed by atoms with van der Waals surface area (Å²) in [7, 11) is 0. The minimum Gasteiger partial charge on any atom is -0.466 e. The molecule has 0 aliphatic carbocycles. The topological polar surface area (TPSA) is 47.3 Å². The lowest BCUT2D eigenvalue weighted by molar-refractivity contribution is 0.0893. The lowest BCUT2D eigenvalue weighted by Crippen LogP contribution is -2.08. The van der Waals surface area contributed by atoms with Gasteiger partial charge in [0.15, 0.2) is 11.6 Å². The van der Waals surface area contributed by atoms with E-state index >= 15 is 0 Å². The Hall–Kier alpha value is -1.58. The Kier molecular flexibility index (Phi) is 4.31. The molecule has 1 heterocycles. The third-order valence-corrected chi connectivity index (χ3v) is 3.64. The number of carbonyl (C=O) groups excluding carboxylic acids is 2. The Labute approximate surface area is 126 Å². The summed E-state index contributed by atoms with van der Waals surface area (Å²) < 4.78 is 5.29. The summed E-state index contributed by atoms with van der Waals surface area (Å²) in [6.07, 6.45) is -0.224. The van der Waals surface area contributed by atoms with Crippen LogP contribution in [0.25, 0.3) is 0 Å². The van der Waals surface area contributed by atoms with Crippen LogP contribution in [0, 0.1) is 13.8 Å². The maximum Gasteiger partial charge on any atom is 0.174 e. The molecule has 0 radical (unpaired) electrons. The Morgan fingerprint density at radius 1 is 1.05 bits per heavy atom. The summed E-state index contributed by atoms with van der Waals surface area (Å²) in [5.41, 5.74) is 0.807. The average Bonchev–Trinajstić information content (AvgIpc) is 2.71. The first-order valence-corrected chi connectivity index (χ1v) is 6.72. The number of Topliss-reactive ketones (excluding diaryl/α,β-unsaturated/α-hetero) is 2. The summed E-state index contributed by atoms with van der Waals surface area (Å²) in [5.74, 6) is 0.601. The van der Waals surface area contributed by atoms with Crippen molar-refractivity contribution in [2.24, 2.45) is 0 Å². The number of halogens is 2. The Bertz CT molecular complexity index is 686. The monoisotopic (exact) mass is 310 g/mol. The maximum atomic E-state index is 12.1. The Balaban J connectivity index is 2.17. The van der Waals surface area contributed by atoms with Crippen molar-refractivity contribution < 1.29 is 14.0 Å². The number of aryl methyl sites for hydroxylation is 2. The summed E-state index contributed by atoms with van der Waals surface area (Å²) in [6.45, 7) is 3.45. The number of hydrogen-bond acceptors (Lipinski definition) is 3. The highest BCUT2D eigenvalue weighted by molar-refractivity contribution is 6.42. The molecule has 1 aromatic carbocycles. The molecular formula is C15H12Cl2O3. The predicted octanol–water partition coefficient (Wildman–Crippen LogP) is 4.66. The molecule has 0 bridgehead atoms. The van der Waals surface area contributed by atoms with Gasteiger partial charge in [-0.25, -0.2) is 0 Å². The fourth-order valence-corrected chi connectivity index (χ4v) is 2.22. The lowest BCUT2D eigenvalue weighted by atomic mass is 10.0. The predicted molar refractivity (Wildman–Crippen MR) is 77.9 cm³/mol. The third kappa shape index (κ3) is 3.11. The van der Waals surface area contributed by atoms with Crippen LogP contribution in [-0.2, 0) is 0 Å². The standard InChI is InChI=1S/C15H12Cl2O3/c1-8-5-11(9(2)20-8)15(19)7-14(18)10-3-4-12(16)13(17)6-10/h3-6H,7H2,1-2H3. The highest BCUT2D eigenvalue weighted by atomic mass is 35.5. The van der Waals surface area contributed by atoms with Gasteiger partial charge in [-0.05, 0) is 38.1 Å². The molecule has 0 unspecified atom stereocenters. The van der Waals surface area contributed by atoms with Crippen LogP contribution in [0.5, 0.6) is 0 Å². The molecule has 0 saturated carbocycles. The molecule has 0 fully saturated rings. The zero-order chi connectivity index (χ0) is 14.9. The van der Waals surface area contributed by atoms with Crippen molar-refractivity contribution in [2.75, 3.05) is 0 Å². The van der Waals surface area contributed by atoms with Gasteiger partial charge in [0.25, 0.3) is 0 Å². The Morgan fingerprint density at radius 3 is 2.30 bits per heavy atom. The van der Waals surface area contributed by atoms with E-state index in [0.29, 0.717) is 32.7 Å². The van der Waals surface area contributed by atoms with E-state index in [9.17, 15) is 9.59 Å². The lowest BCUT2D eigenvalue weighted by Gasteiger charge is -2.02. The molecule has 2 rings (SSSR count). The molecule has 3 nitrogen and oxygen atoms in total. The van der Waals surface area contributed by atoms with Crippen molar-refractivity contribution in [3.05, 3.63) is 57.0 Å². The summed E-state index contributed by atoms with van der Waals surface area (Å²) in [4.78, 5) is 24.1. The molecule has 0 saturated heterocycles. The molecule has 5 heteroatoms. The van der Waals surface area contributed by atoms with Gasteiger partial charge in [-0.3, -0.25) is 9.59 Å². The van der Waals surface area contributed by atoms with Crippen molar-refractivity contribution in [3.8, 4) is 0 Å². The molecule has 0 atom stereocenters. The van der Waals surface area contributed by atoms with Crippen molar-refractivity contribution in [1.82, 2.24) is 0 Å². The number of hydrogen-bond donors (Lipinski definition) is 0. The molecule has 1 aromatic heterocycles. The van der Waals surface area contributed by atoms with Crippen LogP contribution < -0.4 is 0 Å². The molecule has 0 amide bonds. The van der Waals surface area contributed by atoms with Gasteiger partial charge in [-0.15, -0.1) is 0 Å². The number of benzene rings is 1. The van der Waals surface area contributed by atoms with Gasteiger partial charge < -0.3 is 4.42 Å². The molecule has 0 aliphatic rings. The van der Waals surface area contributed by atoms with Crippen LogP contribution in [0.4, 0.5) is 0 Å². The number of furan rings is 1. The minimum absolute atomic E-state index is 0.224. The first kappa shape index (κ1) is 14.8. The molecular weight excluding hydrogens is 299 g/mol. The van der Waals surface area contributed by atoms with Crippen molar-refractivity contribution in [1.29, 1.82) is 0 Å². The van der Waals surface area contributed by atoms with Gasteiger partial charge >= 0.3 is 0 Å². The second kappa shape index (κ2) is 5.81. The van der Waals surface area contributed by atoms with Gasteiger partial charge in [0.1, 0.15) is 11.5 Å². The smallest absolute Gasteiger partial charge is 0.174 e. The second-order valence-corrected chi connectivity index (χ2v) is 5.29. The van der Waals surface area contributed by atoms with Crippen molar-refractivity contribution in [3.63, 3.8) is 0 Å². The van der Waals surface area contributed by atoms with E-state index in [0.717, 1.165) is 0 Å². The molecule has 20 heavy (non-hydrogen) atoms. The molecule has 0 aliphatic heterocycles. The summed E-state index contributed by atoms with van der Waals surface area (Å²) >= 11 is 11.6. The largest absolute Gasteiger partial charge is 0.466 e. The normalized spacial score (nSPS) is 10.6. The highest BCUT2D eigenvalue weighted by Gasteiger charge is 2.18. The number of carbonyl (C=O) groups is 2. The van der Waals surface area contributed by atoms with Gasteiger partial charge in [0.05, 0.1) is 22.0 Å². The summed E-state index contributed by atoms with van der Waals surface area (Å²) in [5, 5.41) is 0.663. The minimum atomic E-state index is -0.299. The number of ketones is 2. The third-order valence-electron chi connectivity index (χ3n) is 2.90. The van der Waals surface area contributed by atoms with Crippen molar-refractivity contribution in [2.45, 2.75) is 20.3 Å². The van der Waals surface area contributed by atoms with Gasteiger partial charge in [0.2, 0.25) is 0 Å². The fourth-order valence-electron chi connectivity index (χ4n) is 1.92. The van der Waals surface area contributed by atoms with E-state index in [2.05, 4.69) is 0 Å². The maximum absolute atomic E-state index is 12.1. The fraction of sp³-hybridized carbons (Fsp3) is 0.200. The van der Waals surface area contributed by atoms with Gasteiger partial charge in [-0.2, -0.15) is 0 Å². The van der Waals surface area contributed by atoms with Crippen LogP contribution in [0.1, 0.15) is 38.7 Å².